The highest BCUT2D eigenvalue weighted by Gasteiger charge is 2.41. The van der Waals surface area contributed by atoms with E-state index in [1.165, 1.54) is 4.90 Å². The summed E-state index contributed by atoms with van der Waals surface area (Å²) in [6, 6.07) is 12.5. The van der Waals surface area contributed by atoms with Gasteiger partial charge in [0.1, 0.15) is 12.3 Å². The van der Waals surface area contributed by atoms with Gasteiger partial charge in [-0.25, -0.2) is 0 Å². The van der Waals surface area contributed by atoms with Crippen LogP contribution < -0.4 is 15.0 Å². The number of aryl methyl sites for hydroxylation is 1. The molecule has 2 aromatic rings. The average molecular weight is 359 g/mol. The number of carbonyl (C=O) groups is 2. The van der Waals surface area contributed by atoms with Gasteiger partial charge in [-0.15, -0.1) is 0 Å². The second-order valence-electron chi connectivity index (χ2n) is 6.48. The Bertz CT molecular complexity index is 848. The minimum atomic E-state index is -1.05. The Balaban J connectivity index is 1.88. The number of halogens is 1. The number of ether oxygens (including phenoxy) is 1. The molecule has 0 aliphatic carbocycles. The van der Waals surface area contributed by atoms with Crippen molar-refractivity contribution in [3.63, 3.8) is 0 Å². The zero-order valence-electron chi connectivity index (χ0n) is 14.3. The van der Waals surface area contributed by atoms with E-state index in [1.807, 2.05) is 31.2 Å². The molecule has 0 fully saturated rings. The molecule has 1 N–H and O–H groups in total. The van der Waals surface area contributed by atoms with Crippen LogP contribution in [0.15, 0.2) is 42.5 Å². The summed E-state index contributed by atoms with van der Waals surface area (Å²) in [4.78, 5) is 26.7. The van der Waals surface area contributed by atoms with E-state index in [0.29, 0.717) is 16.5 Å². The smallest absolute Gasteiger partial charge is 0.271 e. The van der Waals surface area contributed by atoms with Gasteiger partial charge in [0.25, 0.3) is 5.91 Å². The van der Waals surface area contributed by atoms with E-state index < -0.39 is 5.60 Å². The van der Waals surface area contributed by atoms with Crippen LogP contribution in [-0.2, 0) is 9.59 Å². The van der Waals surface area contributed by atoms with Crippen molar-refractivity contribution in [3.8, 4) is 5.75 Å². The van der Waals surface area contributed by atoms with Gasteiger partial charge in [-0.05, 0) is 50.6 Å². The van der Waals surface area contributed by atoms with Crippen LogP contribution >= 0.6 is 11.6 Å². The van der Waals surface area contributed by atoms with Gasteiger partial charge >= 0.3 is 0 Å². The third-order valence-electron chi connectivity index (χ3n) is 4.06. The molecule has 1 heterocycles. The summed E-state index contributed by atoms with van der Waals surface area (Å²) in [6.07, 6.45) is 0. The predicted molar refractivity (Wildman–Crippen MR) is 98.3 cm³/mol. The maximum Gasteiger partial charge on any atom is 0.271 e. The molecule has 0 saturated heterocycles. The zero-order chi connectivity index (χ0) is 18.2. The minimum absolute atomic E-state index is 0.118. The Labute approximate surface area is 151 Å². The summed E-state index contributed by atoms with van der Waals surface area (Å²) in [5.74, 6) is -0.0498. The van der Waals surface area contributed by atoms with Crippen LogP contribution in [0.3, 0.4) is 0 Å². The predicted octanol–water partition coefficient (Wildman–Crippen LogP) is 3.79. The van der Waals surface area contributed by atoms with Gasteiger partial charge in [0, 0.05) is 10.7 Å². The number of fused-ring (bicyclic) bond motifs is 1. The fourth-order valence-corrected chi connectivity index (χ4v) is 2.91. The molecule has 6 heteroatoms. The Kier molecular flexibility index (Phi) is 4.43. The standard InChI is InChI=1S/C19H19ClN2O3/c1-12-6-4-5-7-14(12)21-17(23)11-22-15-10-13(20)8-9-16(15)25-19(2,3)18(22)24/h4-10H,11H2,1-3H3,(H,21,23). The van der Waals surface area contributed by atoms with Gasteiger partial charge in [-0.3, -0.25) is 14.5 Å². The number of amides is 2. The molecular weight excluding hydrogens is 340 g/mol. The summed E-state index contributed by atoms with van der Waals surface area (Å²) in [6.45, 7) is 5.15. The third-order valence-corrected chi connectivity index (χ3v) is 4.29. The summed E-state index contributed by atoms with van der Waals surface area (Å²) in [5, 5.41) is 3.32. The molecule has 0 unspecified atom stereocenters. The lowest BCUT2D eigenvalue weighted by Crippen LogP contribution is -2.54. The second kappa shape index (κ2) is 6.41. The van der Waals surface area contributed by atoms with Crippen LogP contribution in [0.25, 0.3) is 0 Å². The molecular formula is C19H19ClN2O3. The molecule has 25 heavy (non-hydrogen) atoms. The van der Waals surface area contributed by atoms with Crippen molar-refractivity contribution in [1.29, 1.82) is 0 Å². The molecule has 2 aromatic carbocycles. The maximum atomic E-state index is 12.8. The molecule has 0 atom stereocenters. The van der Waals surface area contributed by atoms with Crippen molar-refractivity contribution < 1.29 is 14.3 Å². The van der Waals surface area contributed by atoms with Crippen LogP contribution in [0.1, 0.15) is 19.4 Å². The lowest BCUT2D eigenvalue weighted by Gasteiger charge is -2.38. The van der Waals surface area contributed by atoms with E-state index in [-0.39, 0.29) is 18.4 Å². The Hall–Kier alpha value is -2.53. The number of hydrogen-bond donors (Lipinski definition) is 1. The first-order valence-corrected chi connectivity index (χ1v) is 8.32. The van der Waals surface area contributed by atoms with Crippen LogP contribution in [-0.4, -0.2) is 24.0 Å². The van der Waals surface area contributed by atoms with Gasteiger partial charge in [0.2, 0.25) is 5.91 Å². The molecule has 130 valence electrons. The van der Waals surface area contributed by atoms with Crippen LogP contribution in [0.5, 0.6) is 5.75 Å². The quantitative estimate of drug-likeness (QED) is 0.908. The van der Waals surface area contributed by atoms with Crippen LogP contribution in [0.4, 0.5) is 11.4 Å². The van der Waals surface area contributed by atoms with Crippen molar-refractivity contribution in [1.82, 2.24) is 0 Å². The minimum Gasteiger partial charge on any atom is -0.476 e. The molecule has 0 aromatic heterocycles. The molecule has 0 saturated carbocycles. The SMILES string of the molecule is Cc1ccccc1NC(=O)CN1C(=O)C(C)(C)Oc2ccc(Cl)cc21. The highest BCUT2D eigenvalue weighted by Crippen LogP contribution is 2.39. The van der Waals surface area contributed by atoms with Crippen LogP contribution in [0.2, 0.25) is 5.02 Å². The molecule has 1 aliphatic heterocycles. The normalized spacial score (nSPS) is 15.4. The van der Waals surface area contributed by atoms with E-state index >= 15 is 0 Å². The molecule has 0 radical (unpaired) electrons. The van der Waals surface area contributed by atoms with E-state index in [4.69, 9.17) is 16.3 Å². The first-order chi connectivity index (χ1) is 11.8. The number of anilines is 2. The molecule has 1 aliphatic rings. The first kappa shape index (κ1) is 17.3. The highest BCUT2D eigenvalue weighted by atomic mass is 35.5. The zero-order valence-corrected chi connectivity index (χ0v) is 15.1. The molecule has 5 nitrogen and oxygen atoms in total. The summed E-state index contributed by atoms with van der Waals surface area (Å²) < 4.78 is 5.75. The highest BCUT2D eigenvalue weighted by molar-refractivity contribution is 6.31. The lowest BCUT2D eigenvalue weighted by atomic mass is 10.0. The Morgan fingerprint density at radius 1 is 1.24 bits per heavy atom. The Morgan fingerprint density at radius 3 is 2.68 bits per heavy atom. The number of para-hydroxylation sites is 1. The number of nitrogens with one attached hydrogen (secondary N) is 1. The number of nitrogens with zero attached hydrogens (tertiary/aromatic N) is 1. The van der Waals surface area contributed by atoms with Crippen molar-refractivity contribution in [2.24, 2.45) is 0 Å². The van der Waals surface area contributed by atoms with Gasteiger partial charge in [0.15, 0.2) is 5.60 Å². The summed E-state index contributed by atoms with van der Waals surface area (Å²) in [5.41, 5.74) is 1.12. The summed E-state index contributed by atoms with van der Waals surface area (Å²) in [7, 11) is 0. The largest absolute Gasteiger partial charge is 0.476 e. The summed E-state index contributed by atoms with van der Waals surface area (Å²) >= 11 is 6.05. The monoisotopic (exact) mass is 358 g/mol. The second-order valence-corrected chi connectivity index (χ2v) is 6.92. The van der Waals surface area contributed by atoms with Crippen molar-refractivity contribution in [3.05, 3.63) is 53.1 Å². The number of rotatable bonds is 3. The van der Waals surface area contributed by atoms with Crippen molar-refractivity contribution in [2.45, 2.75) is 26.4 Å². The van der Waals surface area contributed by atoms with Crippen molar-refractivity contribution >= 4 is 34.8 Å². The van der Waals surface area contributed by atoms with E-state index in [9.17, 15) is 9.59 Å². The van der Waals surface area contributed by atoms with Crippen LogP contribution in [0, 0.1) is 6.92 Å². The third kappa shape index (κ3) is 3.46. The van der Waals surface area contributed by atoms with E-state index in [1.54, 1.807) is 32.0 Å². The first-order valence-electron chi connectivity index (χ1n) is 7.94. The molecule has 3 rings (SSSR count). The molecule has 0 bridgehead atoms. The van der Waals surface area contributed by atoms with Crippen molar-refractivity contribution in [2.75, 3.05) is 16.8 Å². The molecule has 2 amide bonds. The maximum absolute atomic E-state index is 12.8. The topological polar surface area (TPSA) is 58.6 Å². The van der Waals surface area contributed by atoms with E-state index in [2.05, 4.69) is 5.32 Å². The fraction of sp³-hybridized carbons (Fsp3) is 0.263. The van der Waals surface area contributed by atoms with Gasteiger partial charge < -0.3 is 10.1 Å². The van der Waals surface area contributed by atoms with Gasteiger partial charge in [-0.2, -0.15) is 0 Å². The molecule has 0 spiro atoms. The Morgan fingerprint density at radius 2 is 1.96 bits per heavy atom. The van der Waals surface area contributed by atoms with Gasteiger partial charge in [-0.1, -0.05) is 29.8 Å². The average Bonchev–Trinajstić information content (AvgIpc) is 2.55. The van der Waals surface area contributed by atoms with Gasteiger partial charge in [0.05, 0.1) is 5.69 Å². The number of benzene rings is 2. The lowest BCUT2D eigenvalue weighted by molar-refractivity contribution is -0.133. The fourth-order valence-electron chi connectivity index (χ4n) is 2.74. The number of carbonyl (C=O) groups excluding carboxylic acids is 2. The number of hydrogen-bond acceptors (Lipinski definition) is 3. The van der Waals surface area contributed by atoms with E-state index in [0.717, 1.165) is 11.3 Å².